The van der Waals surface area contributed by atoms with Gasteiger partial charge < -0.3 is 24.4 Å². The molecule has 4 aromatic rings. The average molecular weight is 679 g/mol. The first-order valence-electron chi connectivity index (χ1n) is 18.7. The van der Waals surface area contributed by atoms with E-state index in [0.29, 0.717) is 23.6 Å². The van der Waals surface area contributed by atoms with E-state index < -0.39 is 11.2 Å². The second kappa shape index (κ2) is 12.7. The SMILES string of the molecule is CC[C@H](C)n1cnc2cc(-c3ccc4c(c3)N([C@H]3C[C@@H](N5CCCCC5)C3)C(=O)C43CCN(C4COC4)CC3)nc(Nc3ccncc3F)c21. The molecule has 1 aliphatic carbocycles. The summed E-state index contributed by atoms with van der Waals surface area (Å²) in [5.74, 6) is 0.377. The van der Waals surface area contributed by atoms with Gasteiger partial charge in [-0.05, 0) is 102 Å². The summed E-state index contributed by atoms with van der Waals surface area (Å²) in [6.45, 7) is 10.1. The number of nitrogens with one attached hydrogen (secondary N) is 1. The van der Waals surface area contributed by atoms with E-state index >= 15 is 0 Å². The summed E-state index contributed by atoms with van der Waals surface area (Å²) in [4.78, 5) is 36.0. The van der Waals surface area contributed by atoms with Crippen LogP contribution < -0.4 is 10.2 Å². The Balaban J connectivity index is 1.10. The Hall–Kier alpha value is -3.93. The molecule has 4 aliphatic heterocycles. The van der Waals surface area contributed by atoms with E-state index in [0.717, 1.165) is 91.9 Å². The van der Waals surface area contributed by atoms with E-state index in [9.17, 15) is 9.18 Å². The summed E-state index contributed by atoms with van der Waals surface area (Å²) in [7, 11) is 0. The fraction of sp³-hybridized carbons (Fsp3) is 0.538. The number of nitrogens with zero attached hydrogens (tertiary/aromatic N) is 7. The molecule has 1 aromatic carbocycles. The molecule has 3 saturated heterocycles. The number of rotatable bonds is 8. The summed E-state index contributed by atoms with van der Waals surface area (Å²) in [5, 5.41) is 3.27. The van der Waals surface area contributed by atoms with E-state index in [2.05, 4.69) is 61.6 Å². The minimum Gasteiger partial charge on any atom is -0.378 e. The normalized spacial score (nSPS) is 24.7. The molecule has 7 heterocycles. The van der Waals surface area contributed by atoms with Gasteiger partial charge >= 0.3 is 0 Å². The Kier molecular flexibility index (Phi) is 8.12. The molecule has 10 nitrogen and oxygen atoms in total. The van der Waals surface area contributed by atoms with Gasteiger partial charge in [-0.25, -0.2) is 14.4 Å². The number of hydrogen-bond donors (Lipinski definition) is 1. The second-order valence-corrected chi connectivity index (χ2v) is 15.2. The number of halogens is 1. The summed E-state index contributed by atoms with van der Waals surface area (Å²) < 4.78 is 22.5. The van der Waals surface area contributed by atoms with Crippen LogP contribution >= 0.6 is 0 Å². The third-order valence-electron chi connectivity index (χ3n) is 12.5. The zero-order chi connectivity index (χ0) is 34.0. The smallest absolute Gasteiger partial charge is 0.238 e. The lowest BCUT2D eigenvalue weighted by Gasteiger charge is -2.48. The molecular formula is C39H47FN8O2. The van der Waals surface area contributed by atoms with Crippen molar-refractivity contribution < 1.29 is 13.9 Å². The topological polar surface area (TPSA) is 91.7 Å². The van der Waals surface area contributed by atoms with Crippen LogP contribution in [0.15, 0.2) is 49.1 Å². The fourth-order valence-electron chi connectivity index (χ4n) is 9.08. The van der Waals surface area contributed by atoms with Crippen molar-refractivity contribution in [2.24, 2.45) is 0 Å². The Morgan fingerprint density at radius 2 is 1.78 bits per heavy atom. The summed E-state index contributed by atoms with van der Waals surface area (Å²) >= 11 is 0. The first kappa shape index (κ1) is 32.0. The molecule has 3 aromatic heterocycles. The van der Waals surface area contributed by atoms with Crippen molar-refractivity contribution in [3.8, 4) is 11.3 Å². The molecule has 1 spiro atoms. The zero-order valence-electron chi connectivity index (χ0n) is 29.2. The highest BCUT2D eigenvalue weighted by Crippen LogP contribution is 2.52. The van der Waals surface area contributed by atoms with E-state index in [1.807, 2.05) is 12.4 Å². The quantitative estimate of drug-likeness (QED) is 0.228. The van der Waals surface area contributed by atoms with Gasteiger partial charge in [0.15, 0.2) is 11.6 Å². The molecular weight excluding hydrogens is 631 g/mol. The third-order valence-corrected chi connectivity index (χ3v) is 12.5. The van der Waals surface area contributed by atoms with Gasteiger partial charge in [0.2, 0.25) is 5.91 Å². The fourth-order valence-corrected chi connectivity index (χ4v) is 9.08. The number of ether oxygens (including phenoxy) is 1. The molecule has 5 aliphatic rings. The van der Waals surface area contributed by atoms with Crippen LogP contribution in [0.3, 0.4) is 0 Å². The Labute approximate surface area is 293 Å². The minimum absolute atomic E-state index is 0.186. The molecule has 0 radical (unpaired) electrons. The van der Waals surface area contributed by atoms with Crippen LogP contribution in [0.4, 0.5) is 21.6 Å². The Morgan fingerprint density at radius 3 is 2.50 bits per heavy atom. The van der Waals surface area contributed by atoms with Gasteiger partial charge in [0.1, 0.15) is 5.52 Å². The number of carbonyl (C=O) groups excluding carboxylic acids is 1. The van der Waals surface area contributed by atoms with Gasteiger partial charge in [0.25, 0.3) is 0 Å². The molecule has 50 heavy (non-hydrogen) atoms. The van der Waals surface area contributed by atoms with Crippen LogP contribution in [-0.2, 0) is 14.9 Å². The molecule has 1 N–H and O–H groups in total. The van der Waals surface area contributed by atoms with Gasteiger partial charge in [0, 0.05) is 35.6 Å². The number of amides is 1. The van der Waals surface area contributed by atoms with Crippen LogP contribution in [0.25, 0.3) is 22.3 Å². The highest BCUT2D eigenvalue weighted by atomic mass is 19.1. The maximum Gasteiger partial charge on any atom is 0.238 e. The number of anilines is 3. The molecule has 0 unspecified atom stereocenters. The first-order valence-corrected chi connectivity index (χ1v) is 18.7. The summed E-state index contributed by atoms with van der Waals surface area (Å²) in [6.07, 6.45) is 13.1. The second-order valence-electron chi connectivity index (χ2n) is 15.2. The number of pyridine rings is 2. The number of aromatic nitrogens is 4. The van der Waals surface area contributed by atoms with Crippen molar-refractivity contribution in [1.82, 2.24) is 29.3 Å². The Bertz CT molecular complexity index is 1910. The van der Waals surface area contributed by atoms with Crippen LogP contribution in [-0.4, -0.2) is 92.7 Å². The summed E-state index contributed by atoms with van der Waals surface area (Å²) in [6, 6.07) is 11.6. The number of hydrogen-bond acceptors (Lipinski definition) is 8. The lowest BCUT2D eigenvalue weighted by atomic mass is 9.73. The first-order chi connectivity index (χ1) is 24.4. The van der Waals surface area contributed by atoms with Crippen molar-refractivity contribution in [2.45, 2.75) is 94.8 Å². The van der Waals surface area contributed by atoms with Crippen LogP contribution in [0, 0.1) is 5.82 Å². The predicted octanol–water partition coefficient (Wildman–Crippen LogP) is 6.44. The molecule has 11 heteroatoms. The van der Waals surface area contributed by atoms with Crippen LogP contribution in [0.2, 0.25) is 0 Å². The van der Waals surface area contributed by atoms with Gasteiger partial charge in [-0.15, -0.1) is 0 Å². The molecule has 262 valence electrons. The van der Waals surface area contributed by atoms with Crippen molar-refractivity contribution in [3.05, 3.63) is 60.4 Å². The molecule has 4 fully saturated rings. The van der Waals surface area contributed by atoms with Crippen molar-refractivity contribution >= 4 is 34.1 Å². The standard InChI is InChI=1S/C39H47FN8O2/c1-3-25(2)47-24-42-34-20-33(44-37(36(34)47)43-32-9-12-41-21-31(32)40)26-7-8-30-35(17-26)48(28-18-27(19-28)45-13-5-4-6-14-45)38(49)39(30)10-15-46(16-11-39)29-22-50-23-29/h7-9,12,17,20-21,24-25,27-29H,3-6,10-11,13-16,18-19,22-23H2,1-2H3,(H,41,43,44)/t25-,27-,28+/m0/s1. The summed E-state index contributed by atoms with van der Waals surface area (Å²) in [5.41, 5.74) is 5.29. The number of likely N-dealkylation sites (tertiary alicyclic amines) is 2. The van der Waals surface area contributed by atoms with E-state index in [1.54, 1.807) is 12.3 Å². The minimum atomic E-state index is -0.497. The maximum atomic E-state index is 14.9. The van der Waals surface area contributed by atoms with Crippen molar-refractivity contribution in [2.75, 3.05) is 49.6 Å². The van der Waals surface area contributed by atoms with Crippen molar-refractivity contribution in [1.29, 1.82) is 0 Å². The largest absolute Gasteiger partial charge is 0.378 e. The van der Waals surface area contributed by atoms with Crippen molar-refractivity contribution in [3.63, 3.8) is 0 Å². The zero-order valence-corrected chi connectivity index (χ0v) is 29.2. The number of fused-ring (bicyclic) bond motifs is 3. The number of piperidine rings is 2. The molecule has 0 bridgehead atoms. The lowest BCUT2D eigenvalue weighted by Crippen LogP contribution is -2.59. The number of benzene rings is 1. The number of carbonyl (C=O) groups is 1. The monoisotopic (exact) mass is 678 g/mol. The third kappa shape index (κ3) is 5.23. The van der Waals surface area contributed by atoms with Gasteiger partial charge in [-0.2, -0.15) is 0 Å². The molecule has 1 saturated carbocycles. The maximum absolute atomic E-state index is 14.9. The number of imidazole rings is 1. The van der Waals surface area contributed by atoms with Crippen LogP contribution in [0.5, 0.6) is 0 Å². The average Bonchev–Trinajstić information content (AvgIpc) is 3.63. The molecule has 1 amide bonds. The van der Waals surface area contributed by atoms with Gasteiger partial charge in [0.05, 0.1) is 54.1 Å². The van der Waals surface area contributed by atoms with E-state index in [-0.39, 0.29) is 18.0 Å². The predicted molar refractivity (Wildman–Crippen MR) is 192 cm³/mol. The van der Waals surface area contributed by atoms with E-state index in [1.165, 1.54) is 38.5 Å². The molecule has 9 rings (SSSR count). The molecule has 1 atom stereocenters. The van der Waals surface area contributed by atoms with Gasteiger partial charge in [-0.3, -0.25) is 14.7 Å². The van der Waals surface area contributed by atoms with Crippen LogP contribution in [0.1, 0.15) is 76.8 Å². The highest BCUT2D eigenvalue weighted by molar-refractivity contribution is 6.09. The van der Waals surface area contributed by atoms with Gasteiger partial charge in [-0.1, -0.05) is 25.5 Å². The highest BCUT2D eigenvalue weighted by Gasteiger charge is 2.56. The lowest BCUT2D eigenvalue weighted by molar-refractivity contribution is -0.128. The van der Waals surface area contributed by atoms with E-state index in [4.69, 9.17) is 14.7 Å². The Morgan fingerprint density at radius 1 is 1.00 bits per heavy atom.